The van der Waals surface area contributed by atoms with E-state index in [2.05, 4.69) is 0 Å². The fourth-order valence-electron chi connectivity index (χ4n) is 1.56. The van der Waals surface area contributed by atoms with Gasteiger partial charge >= 0.3 is 0 Å². The molecule has 0 saturated carbocycles. The fourth-order valence-corrected chi connectivity index (χ4v) is 1.56. The average molecular weight is 184 g/mol. The van der Waals surface area contributed by atoms with E-state index in [-0.39, 0.29) is 0 Å². The molecule has 0 amide bonds. The smallest absolute Gasteiger partial charge is 0.0966 e. The minimum absolute atomic E-state index is 0.660. The highest BCUT2D eigenvalue weighted by molar-refractivity contribution is 6.38. The van der Waals surface area contributed by atoms with E-state index in [9.17, 15) is 0 Å². The van der Waals surface area contributed by atoms with Crippen molar-refractivity contribution in [2.24, 2.45) is 0 Å². The topological polar surface area (TPSA) is 0 Å². The number of rotatable bonds is 1. The van der Waals surface area contributed by atoms with Crippen LogP contribution in [0.5, 0.6) is 0 Å². The Labute approximate surface area is 93.9 Å². The highest BCUT2D eigenvalue weighted by atomic mass is 14.0. The summed E-state index contributed by atoms with van der Waals surface area (Å²) in [7, 11) is 17.2. The van der Waals surface area contributed by atoms with Gasteiger partial charge in [0, 0.05) is 0 Å². The molecule has 0 saturated heterocycles. The summed E-state index contributed by atoms with van der Waals surface area (Å²) >= 11 is 0. The van der Waals surface area contributed by atoms with Crippen molar-refractivity contribution < 1.29 is 0 Å². The number of hydrogen-bond donors (Lipinski definition) is 0. The fraction of sp³-hybridized carbons (Fsp3) is 0. The summed E-state index contributed by atoms with van der Waals surface area (Å²) in [5.74, 6) is 0. The second-order valence-electron chi connectivity index (χ2n) is 3.51. The van der Waals surface area contributed by atoms with Crippen LogP contribution in [0.4, 0.5) is 0 Å². The van der Waals surface area contributed by atoms with E-state index < -0.39 is 0 Å². The third kappa shape index (κ3) is 2.35. The van der Waals surface area contributed by atoms with Crippen molar-refractivity contribution in [1.82, 2.24) is 0 Å². The minimum atomic E-state index is 0.660. The van der Waals surface area contributed by atoms with Crippen molar-refractivity contribution in [3.05, 3.63) is 42.5 Å². The van der Waals surface area contributed by atoms with E-state index in [1.807, 2.05) is 36.4 Å². The summed E-state index contributed by atoms with van der Waals surface area (Å²) in [6.07, 6.45) is 0. The molecule has 3 heteroatoms. The van der Waals surface area contributed by atoms with Crippen LogP contribution in [-0.2, 0) is 0 Å². The molecule has 0 N–H and O–H groups in total. The van der Waals surface area contributed by atoms with Crippen LogP contribution in [0.25, 0.3) is 11.1 Å². The minimum Gasteiger partial charge on any atom is -0.0966 e. The zero-order valence-corrected chi connectivity index (χ0v) is 8.27. The standard InChI is InChI=1S/C12H7B3/c13-10-3-1-2-8(4-10)9-5-11(14)7-12(15)6-9/h1-7H. The lowest BCUT2D eigenvalue weighted by molar-refractivity contribution is 1.68. The lowest BCUT2D eigenvalue weighted by atomic mass is 9.83. The van der Waals surface area contributed by atoms with Gasteiger partial charge in [0.25, 0.3) is 0 Å². The zero-order valence-electron chi connectivity index (χ0n) is 8.27. The van der Waals surface area contributed by atoms with Gasteiger partial charge < -0.3 is 0 Å². The van der Waals surface area contributed by atoms with Crippen molar-refractivity contribution in [2.45, 2.75) is 0 Å². The molecule has 0 fully saturated rings. The Morgan fingerprint density at radius 3 is 1.80 bits per heavy atom. The van der Waals surface area contributed by atoms with Crippen LogP contribution in [0.3, 0.4) is 0 Å². The summed E-state index contributed by atoms with van der Waals surface area (Å²) in [5, 5.41) is 0. The Hall–Kier alpha value is -1.37. The van der Waals surface area contributed by atoms with Crippen molar-refractivity contribution in [3.8, 4) is 11.1 Å². The molecule has 0 aliphatic heterocycles. The second kappa shape index (κ2) is 4.02. The van der Waals surface area contributed by atoms with Gasteiger partial charge in [-0.3, -0.25) is 0 Å². The van der Waals surface area contributed by atoms with Crippen molar-refractivity contribution in [2.75, 3.05) is 0 Å². The summed E-state index contributed by atoms with van der Waals surface area (Å²) in [5.41, 5.74) is 4.06. The molecular weight excluding hydrogens is 177 g/mol. The predicted octanol–water partition coefficient (Wildman–Crippen LogP) is -0.265. The van der Waals surface area contributed by atoms with Gasteiger partial charge in [-0.1, -0.05) is 58.9 Å². The molecule has 0 heterocycles. The van der Waals surface area contributed by atoms with Crippen LogP contribution >= 0.6 is 0 Å². The Balaban J connectivity index is 2.54. The molecule has 0 spiro atoms. The molecule has 2 rings (SSSR count). The van der Waals surface area contributed by atoms with Gasteiger partial charge in [-0.05, 0) is 11.1 Å². The van der Waals surface area contributed by atoms with Crippen molar-refractivity contribution >= 4 is 39.9 Å². The molecule has 2 aromatic carbocycles. The summed E-state index contributed by atoms with van der Waals surface area (Å²) in [6.45, 7) is 0. The lowest BCUT2D eigenvalue weighted by Crippen LogP contribution is -2.13. The molecule has 0 nitrogen and oxygen atoms in total. The Bertz CT molecular complexity index is 472. The predicted molar refractivity (Wildman–Crippen MR) is 68.0 cm³/mol. The Kier molecular flexibility index (Phi) is 2.72. The molecule has 6 radical (unpaired) electrons. The van der Waals surface area contributed by atoms with Crippen molar-refractivity contribution in [1.29, 1.82) is 0 Å². The second-order valence-corrected chi connectivity index (χ2v) is 3.51. The number of benzene rings is 2. The maximum absolute atomic E-state index is 5.72. The van der Waals surface area contributed by atoms with E-state index in [0.717, 1.165) is 16.6 Å². The van der Waals surface area contributed by atoms with E-state index in [4.69, 9.17) is 23.5 Å². The first kappa shape index (κ1) is 10.2. The molecule has 0 aliphatic rings. The monoisotopic (exact) mass is 184 g/mol. The zero-order chi connectivity index (χ0) is 10.8. The van der Waals surface area contributed by atoms with Gasteiger partial charge in [-0.15, -0.1) is 0 Å². The largest absolute Gasteiger partial charge is 0.113 e. The SMILES string of the molecule is [B]c1cccc(-c2cc([B])cc([B])c2)c1. The van der Waals surface area contributed by atoms with Crippen LogP contribution < -0.4 is 16.4 Å². The van der Waals surface area contributed by atoms with E-state index in [1.54, 1.807) is 6.07 Å². The number of hydrogen-bond acceptors (Lipinski definition) is 0. The summed E-state index contributed by atoms with van der Waals surface area (Å²) in [4.78, 5) is 0. The van der Waals surface area contributed by atoms with Crippen LogP contribution in [0.2, 0.25) is 0 Å². The van der Waals surface area contributed by atoms with E-state index in [0.29, 0.717) is 10.9 Å². The van der Waals surface area contributed by atoms with E-state index in [1.165, 1.54) is 0 Å². The van der Waals surface area contributed by atoms with Crippen LogP contribution in [0.15, 0.2) is 42.5 Å². The van der Waals surface area contributed by atoms with Gasteiger partial charge in [-0.25, -0.2) is 0 Å². The average Bonchev–Trinajstić information content (AvgIpc) is 2.16. The van der Waals surface area contributed by atoms with Crippen LogP contribution in [0.1, 0.15) is 0 Å². The lowest BCUT2D eigenvalue weighted by Gasteiger charge is -2.06. The Morgan fingerprint density at radius 1 is 0.600 bits per heavy atom. The maximum atomic E-state index is 5.72. The summed E-state index contributed by atoms with van der Waals surface area (Å²) < 4.78 is 0. The highest BCUT2D eigenvalue weighted by Gasteiger charge is 1.98. The van der Waals surface area contributed by atoms with Gasteiger partial charge in [-0.2, -0.15) is 0 Å². The molecule has 0 unspecified atom stereocenters. The third-order valence-corrected chi connectivity index (χ3v) is 2.20. The molecule has 0 atom stereocenters. The first-order valence-corrected chi connectivity index (χ1v) is 4.67. The molecular formula is C12H7B3. The first-order chi connectivity index (χ1) is 7.15. The molecule has 15 heavy (non-hydrogen) atoms. The molecule has 0 aromatic heterocycles. The molecule has 64 valence electrons. The first-order valence-electron chi connectivity index (χ1n) is 4.67. The van der Waals surface area contributed by atoms with Gasteiger partial charge in [0.15, 0.2) is 0 Å². The van der Waals surface area contributed by atoms with E-state index >= 15 is 0 Å². The maximum Gasteiger partial charge on any atom is 0.113 e. The third-order valence-electron chi connectivity index (χ3n) is 2.20. The molecule has 0 aliphatic carbocycles. The summed E-state index contributed by atoms with van der Waals surface area (Å²) in [6, 6.07) is 13.1. The normalized spacial score (nSPS) is 10.1. The molecule has 0 bridgehead atoms. The van der Waals surface area contributed by atoms with Gasteiger partial charge in [0.1, 0.15) is 23.5 Å². The van der Waals surface area contributed by atoms with Crippen molar-refractivity contribution in [3.63, 3.8) is 0 Å². The molecule has 2 aromatic rings. The van der Waals surface area contributed by atoms with Gasteiger partial charge in [0.05, 0.1) is 0 Å². The van der Waals surface area contributed by atoms with Crippen LogP contribution in [-0.4, -0.2) is 23.5 Å². The van der Waals surface area contributed by atoms with Crippen LogP contribution in [0, 0.1) is 0 Å². The Morgan fingerprint density at radius 2 is 1.20 bits per heavy atom. The highest BCUT2D eigenvalue weighted by Crippen LogP contribution is 2.14. The van der Waals surface area contributed by atoms with Gasteiger partial charge in [0.2, 0.25) is 0 Å². The quantitative estimate of drug-likeness (QED) is 0.535.